The average molecular weight is 398 g/mol. The number of ether oxygens (including phenoxy) is 1. The van der Waals surface area contributed by atoms with E-state index in [9.17, 15) is 9.59 Å². The predicted octanol–water partition coefficient (Wildman–Crippen LogP) is 0.924. The predicted molar refractivity (Wildman–Crippen MR) is 103 cm³/mol. The van der Waals surface area contributed by atoms with Crippen LogP contribution in [0, 0.1) is 6.92 Å². The van der Waals surface area contributed by atoms with Gasteiger partial charge in [-0.15, -0.1) is 0 Å². The third kappa shape index (κ3) is 3.87. The normalized spacial score (nSPS) is 20.3. The lowest BCUT2D eigenvalue weighted by Crippen LogP contribution is -2.54. The lowest BCUT2D eigenvalue weighted by Gasteiger charge is -2.45. The number of piperidine rings is 1. The van der Waals surface area contributed by atoms with E-state index >= 15 is 0 Å². The summed E-state index contributed by atoms with van der Waals surface area (Å²) in [6, 6.07) is 0. The number of aryl methyl sites for hydroxylation is 1. The molecule has 1 atom stereocenters. The Labute approximate surface area is 169 Å². The number of carbonyl (C=O) groups is 2. The molecule has 0 unspecified atom stereocenters. The number of fused-ring (bicyclic) bond motifs is 2. The molecule has 2 aromatic heterocycles. The average Bonchev–Trinajstić information content (AvgIpc) is 3.23. The largest absolute Gasteiger partial charge is 0.352 e. The second kappa shape index (κ2) is 7.90. The number of hydrogen-bond acceptors (Lipinski definition) is 6. The molecule has 0 aliphatic carbocycles. The molecule has 1 N–H and O–H groups in total. The van der Waals surface area contributed by atoms with Crippen LogP contribution in [0.25, 0.3) is 0 Å². The third-order valence-corrected chi connectivity index (χ3v) is 5.65. The summed E-state index contributed by atoms with van der Waals surface area (Å²) in [4.78, 5) is 39.7. The van der Waals surface area contributed by atoms with Crippen LogP contribution < -0.4 is 5.32 Å². The monoisotopic (exact) mass is 398 g/mol. The van der Waals surface area contributed by atoms with Crippen molar-refractivity contribution in [2.24, 2.45) is 0 Å². The number of aromatic nitrogens is 4. The highest BCUT2D eigenvalue weighted by atomic mass is 16.5. The molecular formula is C20H26N6O3. The fourth-order valence-corrected chi connectivity index (χ4v) is 4.02. The van der Waals surface area contributed by atoms with Crippen LogP contribution in [0.1, 0.15) is 43.4 Å². The molecule has 0 radical (unpaired) electrons. The van der Waals surface area contributed by atoms with Gasteiger partial charge in [0.25, 0.3) is 5.91 Å². The molecule has 1 saturated heterocycles. The van der Waals surface area contributed by atoms with Crippen LogP contribution in [-0.2, 0) is 33.0 Å². The van der Waals surface area contributed by atoms with Gasteiger partial charge in [-0.3, -0.25) is 19.6 Å². The first kappa shape index (κ1) is 19.5. The molecule has 29 heavy (non-hydrogen) atoms. The summed E-state index contributed by atoms with van der Waals surface area (Å²) in [5, 5.41) is 2.90. The number of nitrogens with one attached hydrogen (secondary N) is 1. The van der Waals surface area contributed by atoms with E-state index in [1.165, 1.54) is 0 Å². The molecule has 9 heteroatoms. The van der Waals surface area contributed by atoms with Gasteiger partial charge in [0.1, 0.15) is 11.4 Å². The molecule has 0 saturated carbocycles. The number of nitrogens with zero attached hydrogens (tertiary/aromatic N) is 5. The van der Waals surface area contributed by atoms with Gasteiger partial charge in [-0.2, -0.15) is 0 Å². The molecule has 4 heterocycles. The Morgan fingerprint density at radius 2 is 2.03 bits per heavy atom. The van der Waals surface area contributed by atoms with Crippen LogP contribution in [0.3, 0.4) is 0 Å². The standard InChI is InChI=1S/C20H26N6O3/c1-3-17(27)25-7-4-20(5-8-25)19-21-6-9-26(19)13-16(29-20)18(28)24-12-15-11-22-14(2)10-23-15/h6,9-11,16H,3-5,7-8,12-13H2,1-2H3,(H,24,28)/t16-/m0/s1. The maximum absolute atomic E-state index is 12.8. The zero-order valence-electron chi connectivity index (χ0n) is 16.8. The van der Waals surface area contributed by atoms with Crippen LogP contribution in [0.5, 0.6) is 0 Å². The molecule has 9 nitrogen and oxygen atoms in total. The van der Waals surface area contributed by atoms with Gasteiger partial charge >= 0.3 is 0 Å². The third-order valence-electron chi connectivity index (χ3n) is 5.65. The molecule has 2 aliphatic rings. The van der Waals surface area contributed by atoms with E-state index < -0.39 is 11.7 Å². The smallest absolute Gasteiger partial charge is 0.251 e. The van der Waals surface area contributed by atoms with Gasteiger partial charge in [0.2, 0.25) is 5.91 Å². The Morgan fingerprint density at radius 3 is 2.72 bits per heavy atom. The summed E-state index contributed by atoms with van der Waals surface area (Å²) in [7, 11) is 0. The van der Waals surface area contributed by atoms with Crippen molar-refractivity contribution >= 4 is 11.8 Å². The summed E-state index contributed by atoms with van der Waals surface area (Å²) in [5.74, 6) is 0.806. The topological polar surface area (TPSA) is 102 Å². The highest BCUT2D eigenvalue weighted by molar-refractivity contribution is 5.81. The zero-order valence-corrected chi connectivity index (χ0v) is 16.8. The molecule has 154 valence electrons. The number of amides is 2. The quantitative estimate of drug-likeness (QED) is 0.822. The van der Waals surface area contributed by atoms with Gasteiger partial charge in [0.05, 0.1) is 30.7 Å². The van der Waals surface area contributed by atoms with Gasteiger partial charge in [-0.05, 0) is 6.92 Å². The highest BCUT2D eigenvalue weighted by Gasteiger charge is 2.47. The van der Waals surface area contributed by atoms with Crippen LogP contribution in [0.2, 0.25) is 0 Å². The van der Waals surface area contributed by atoms with Gasteiger partial charge in [-0.25, -0.2) is 4.98 Å². The lowest BCUT2D eigenvalue weighted by atomic mass is 9.88. The summed E-state index contributed by atoms with van der Waals surface area (Å²) in [6.45, 7) is 5.66. The molecule has 1 spiro atoms. The van der Waals surface area contributed by atoms with Crippen molar-refractivity contribution in [2.45, 2.75) is 57.9 Å². The molecule has 2 amide bonds. The van der Waals surface area contributed by atoms with Crippen LogP contribution in [-0.4, -0.2) is 55.4 Å². The lowest BCUT2D eigenvalue weighted by molar-refractivity contribution is -0.176. The van der Waals surface area contributed by atoms with Crippen molar-refractivity contribution < 1.29 is 14.3 Å². The first-order chi connectivity index (χ1) is 14.0. The summed E-state index contributed by atoms with van der Waals surface area (Å²) >= 11 is 0. The van der Waals surface area contributed by atoms with Crippen molar-refractivity contribution in [1.82, 2.24) is 29.7 Å². The molecule has 0 aromatic carbocycles. The number of imidazole rings is 1. The molecule has 2 aromatic rings. The summed E-state index contributed by atoms with van der Waals surface area (Å²) in [5.41, 5.74) is 0.889. The fraction of sp³-hybridized carbons (Fsp3) is 0.550. The minimum absolute atomic E-state index is 0.146. The van der Waals surface area contributed by atoms with Crippen molar-refractivity contribution in [3.05, 3.63) is 42.0 Å². The Balaban J connectivity index is 1.46. The van der Waals surface area contributed by atoms with Crippen LogP contribution >= 0.6 is 0 Å². The molecule has 1 fully saturated rings. The minimum Gasteiger partial charge on any atom is -0.352 e. The number of hydrogen-bond donors (Lipinski definition) is 1. The van der Waals surface area contributed by atoms with Crippen molar-refractivity contribution in [3.8, 4) is 0 Å². The number of carbonyl (C=O) groups excluding carboxylic acids is 2. The SMILES string of the molecule is CCC(=O)N1CCC2(CC1)O[C@H](C(=O)NCc1cnc(C)cn1)Cn1ccnc12. The Kier molecular flexibility index (Phi) is 5.31. The van der Waals surface area contributed by atoms with Crippen molar-refractivity contribution in [2.75, 3.05) is 13.1 Å². The van der Waals surface area contributed by atoms with Gasteiger partial charge in [0, 0.05) is 50.9 Å². The van der Waals surface area contributed by atoms with E-state index in [2.05, 4.69) is 20.3 Å². The van der Waals surface area contributed by atoms with Gasteiger partial charge in [-0.1, -0.05) is 6.92 Å². The maximum atomic E-state index is 12.8. The summed E-state index contributed by atoms with van der Waals surface area (Å²) < 4.78 is 8.36. The Bertz CT molecular complexity index is 886. The molecular weight excluding hydrogens is 372 g/mol. The highest BCUT2D eigenvalue weighted by Crippen LogP contribution is 2.40. The molecule has 4 rings (SSSR count). The second-order valence-corrected chi connectivity index (χ2v) is 7.61. The van der Waals surface area contributed by atoms with E-state index in [-0.39, 0.29) is 11.8 Å². The first-order valence-corrected chi connectivity index (χ1v) is 10.0. The zero-order chi connectivity index (χ0) is 20.4. The van der Waals surface area contributed by atoms with E-state index in [1.807, 2.05) is 29.5 Å². The molecule has 0 bridgehead atoms. The second-order valence-electron chi connectivity index (χ2n) is 7.61. The van der Waals surface area contributed by atoms with Crippen molar-refractivity contribution in [1.29, 1.82) is 0 Å². The molecule has 2 aliphatic heterocycles. The van der Waals surface area contributed by atoms with E-state index in [0.717, 1.165) is 11.5 Å². The van der Waals surface area contributed by atoms with E-state index in [4.69, 9.17) is 4.74 Å². The van der Waals surface area contributed by atoms with Crippen LogP contribution in [0.15, 0.2) is 24.8 Å². The van der Waals surface area contributed by atoms with E-state index in [1.54, 1.807) is 18.6 Å². The van der Waals surface area contributed by atoms with Crippen LogP contribution in [0.4, 0.5) is 0 Å². The number of likely N-dealkylation sites (tertiary alicyclic amines) is 1. The Hall–Kier alpha value is -2.81. The van der Waals surface area contributed by atoms with Crippen molar-refractivity contribution in [3.63, 3.8) is 0 Å². The number of rotatable bonds is 4. The van der Waals surface area contributed by atoms with Gasteiger partial charge < -0.3 is 19.5 Å². The van der Waals surface area contributed by atoms with E-state index in [0.29, 0.717) is 51.1 Å². The summed E-state index contributed by atoms with van der Waals surface area (Å²) in [6.07, 6.45) is 8.09. The van der Waals surface area contributed by atoms with Gasteiger partial charge in [0.15, 0.2) is 6.10 Å². The Morgan fingerprint density at radius 1 is 1.24 bits per heavy atom. The fourth-order valence-electron chi connectivity index (χ4n) is 4.02. The first-order valence-electron chi connectivity index (χ1n) is 10.0. The minimum atomic E-state index is -0.641. The maximum Gasteiger partial charge on any atom is 0.251 e.